The summed E-state index contributed by atoms with van der Waals surface area (Å²) in [6, 6.07) is 0. The highest BCUT2D eigenvalue weighted by atomic mass is 35.5. The van der Waals surface area contributed by atoms with Crippen LogP contribution < -0.4 is 0 Å². The van der Waals surface area contributed by atoms with Crippen molar-refractivity contribution in [2.45, 2.75) is 32.6 Å². The van der Waals surface area contributed by atoms with Gasteiger partial charge in [0.15, 0.2) is 0 Å². The van der Waals surface area contributed by atoms with Crippen molar-refractivity contribution in [3.63, 3.8) is 0 Å². The van der Waals surface area contributed by atoms with Gasteiger partial charge in [-0.3, -0.25) is 0 Å². The van der Waals surface area contributed by atoms with E-state index in [0.717, 1.165) is 38.9 Å². The summed E-state index contributed by atoms with van der Waals surface area (Å²) in [4.78, 5) is 0. The van der Waals surface area contributed by atoms with Crippen LogP contribution in [-0.2, 0) is 14.6 Å². The Morgan fingerprint density at radius 3 is 2.44 bits per heavy atom. The van der Waals surface area contributed by atoms with Crippen molar-refractivity contribution in [2.24, 2.45) is 5.41 Å². The van der Waals surface area contributed by atoms with Crippen molar-refractivity contribution in [2.75, 3.05) is 30.6 Å². The predicted molar refractivity (Wildman–Crippen MR) is 66.8 cm³/mol. The number of hydrogen-bond donors (Lipinski definition) is 0. The van der Waals surface area contributed by atoms with Gasteiger partial charge in [0, 0.05) is 24.8 Å². The Hall–Kier alpha value is 0.200. The van der Waals surface area contributed by atoms with Gasteiger partial charge in [0.2, 0.25) is 0 Å². The van der Waals surface area contributed by atoms with Crippen LogP contribution in [0.1, 0.15) is 32.6 Å². The lowest BCUT2D eigenvalue weighted by atomic mass is 9.78. The second kappa shape index (κ2) is 6.22. The molecule has 16 heavy (non-hydrogen) atoms. The summed E-state index contributed by atoms with van der Waals surface area (Å²) >= 11 is 6.02. The van der Waals surface area contributed by atoms with Gasteiger partial charge in [0.1, 0.15) is 9.84 Å². The summed E-state index contributed by atoms with van der Waals surface area (Å²) < 4.78 is 28.1. The Bertz CT molecular complexity index is 294. The molecular formula is C11H21ClO3S. The van der Waals surface area contributed by atoms with E-state index in [1.165, 1.54) is 0 Å². The van der Waals surface area contributed by atoms with Crippen LogP contribution in [0.4, 0.5) is 0 Å². The Morgan fingerprint density at radius 1 is 1.31 bits per heavy atom. The fourth-order valence-electron chi connectivity index (χ4n) is 2.07. The van der Waals surface area contributed by atoms with E-state index in [2.05, 4.69) is 0 Å². The summed E-state index contributed by atoms with van der Waals surface area (Å²) in [6.07, 6.45) is 3.55. The van der Waals surface area contributed by atoms with E-state index < -0.39 is 9.84 Å². The van der Waals surface area contributed by atoms with Crippen molar-refractivity contribution in [3.8, 4) is 0 Å². The summed E-state index contributed by atoms with van der Waals surface area (Å²) in [5, 5.41) is 0. The van der Waals surface area contributed by atoms with Crippen LogP contribution in [0.3, 0.4) is 0 Å². The number of rotatable bonds is 6. The first-order chi connectivity index (χ1) is 7.54. The molecule has 0 bridgehead atoms. The van der Waals surface area contributed by atoms with Crippen molar-refractivity contribution >= 4 is 21.4 Å². The van der Waals surface area contributed by atoms with Crippen LogP contribution >= 0.6 is 11.6 Å². The van der Waals surface area contributed by atoms with Crippen molar-refractivity contribution in [3.05, 3.63) is 0 Å². The van der Waals surface area contributed by atoms with Gasteiger partial charge < -0.3 is 4.74 Å². The molecule has 96 valence electrons. The van der Waals surface area contributed by atoms with E-state index in [-0.39, 0.29) is 11.2 Å². The van der Waals surface area contributed by atoms with E-state index in [0.29, 0.717) is 11.6 Å². The first kappa shape index (κ1) is 14.3. The predicted octanol–water partition coefficient (Wildman–Crippen LogP) is 2.24. The van der Waals surface area contributed by atoms with Crippen molar-refractivity contribution < 1.29 is 13.2 Å². The second-order valence-corrected chi connectivity index (χ2v) is 7.33. The highest BCUT2D eigenvalue weighted by Gasteiger charge is 2.31. The van der Waals surface area contributed by atoms with Crippen molar-refractivity contribution in [1.82, 2.24) is 0 Å². The summed E-state index contributed by atoms with van der Waals surface area (Å²) in [5.41, 5.74) is 0.114. The van der Waals surface area contributed by atoms with Gasteiger partial charge in [-0.15, -0.1) is 11.6 Å². The fraction of sp³-hybridized carbons (Fsp3) is 1.00. The molecule has 0 aromatic rings. The van der Waals surface area contributed by atoms with Crippen molar-refractivity contribution in [1.29, 1.82) is 0 Å². The van der Waals surface area contributed by atoms with E-state index in [4.69, 9.17) is 16.3 Å². The lowest BCUT2D eigenvalue weighted by Crippen LogP contribution is -2.31. The first-order valence-corrected chi connectivity index (χ1v) is 8.23. The lowest BCUT2D eigenvalue weighted by Gasteiger charge is -2.35. The zero-order valence-corrected chi connectivity index (χ0v) is 11.4. The average Bonchev–Trinajstić information content (AvgIpc) is 2.30. The van der Waals surface area contributed by atoms with Gasteiger partial charge in [-0.2, -0.15) is 0 Å². The van der Waals surface area contributed by atoms with Gasteiger partial charge in [-0.25, -0.2) is 8.42 Å². The molecule has 0 aromatic carbocycles. The van der Waals surface area contributed by atoms with Gasteiger partial charge >= 0.3 is 0 Å². The maximum atomic E-state index is 11.4. The van der Waals surface area contributed by atoms with Crippen LogP contribution in [0.25, 0.3) is 0 Å². The van der Waals surface area contributed by atoms with Gasteiger partial charge in [0.05, 0.1) is 5.75 Å². The Kier molecular flexibility index (Phi) is 5.54. The smallest absolute Gasteiger partial charge is 0.150 e. The molecule has 1 saturated heterocycles. The quantitative estimate of drug-likeness (QED) is 0.694. The second-order valence-electron chi connectivity index (χ2n) is 4.59. The number of sulfone groups is 1. The van der Waals surface area contributed by atoms with Crippen LogP contribution in [-0.4, -0.2) is 39.0 Å². The molecule has 0 radical (unpaired) electrons. The average molecular weight is 269 g/mol. The molecule has 5 heteroatoms. The zero-order chi connectivity index (χ0) is 12.1. The molecule has 1 fully saturated rings. The number of ether oxygens (including phenoxy) is 1. The van der Waals surface area contributed by atoms with Crippen LogP contribution in [0.15, 0.2) is 0 Å². The molecule has 0 aromatic heterocycles. The molecule has 0 unspecified atom stereocenters. The number of halogens is 1. The standard InChI is InChI=1S/C11H21ClO3S/c1-2-16(13,14)9-3-4-11(10-12)5-7-15-8-6-11/h2-10H2,1H3. The van der Waals surface area contributed by atoms with Gasteiger partial charge in [-0.1, -0.05) is 6.92 Å². The highest BCUT2D eigenvalue weighted by Crippen LogP contribution is 2.36. The molecule has 0 N–H and O–H groups in total. The first-order valence-electron chi connectivity index (χ1n) is 5.88. The van der Waals surface area contributed by atoms with E-state index in [9.17, 15) is 8.42 Å². The molecule has 1 rings (SSSR count). The molecule has 0 aliphatic carbocycles. The third kappa shape index (κ3) is 4.22. The zero-order valence-electron chi connectivity index (χ0n) is 9.87. The largest absolute Gasteiger partial charge is 0.381 e. The normalized spacial score (nSPS) is 20.9. The van der Waals surface area contributed by atoms with E-state index in [1.54, 1.807) is 6.92 Å². The fourth-order valence-corrected chi connectivity index (χ4v) is 3.34. The SMILES string of the molecule is CCS(=O)(=O)CCCC1(CCl)CCOCC1. The Morgan fingerprint density at radius 2 is 1.94 bits per heavy atom. The minimum Gasteiger partial charge on any atom is -0.381 e. The maximum absolute atomic E-state index is 11.4. The third-order valence-electron chi connectivity index (χ3n) is 3.44. The highest BCUT2D eigenvalue weighted by molar-refractivity contribution is 7.91. The summed E-state index contributed by atoms with van der Waals surface area (Å²) in [6.45, 7) is 3.21. The molecule has 3 nitrogen and oxygen atoms in total. The topological polar surface area (TPSA) is 43.4 Å². The third-order valence-corrected chi connectivity index (χ3v) is 5.80. The Labute approximate surface area is 103 Å². The van der Waals surface area contributed by atoms with Crippen LogP contribution in [0.5, 0.6) is 0 Å². The molecule has 0 amide bonds. The lowest BCUT2D eigenvalue weighted by molar-refractivity contribution is 0.0213. The van der Waals surface area contributed by atoms with Crippen LogP contribution in [0.2, 0.25) is 0 Å². The van der Waals surface area contributed by atoms with Crippen LogP contribution in [0, 0.1) is 5.41 Å². The molecule has 1 aliphatic rings. The molecule has 0 spiro atoms. The monoisotopic (exact) mass is 268 g/mol. The summed E-state index contributed by atoms with van der Waals surface area (Å²) in [5.74, 6) is 1.15. The minimum atomic E-state index is -2.83. The Balaban J connectivity index is 2.39. The molecule has 1 aliphatic heterocycles. The molecule has 0 saturated carbocycles. The molecular weight excluding hydrogens is 248 g/mol. The summed E-state index contributed by atoms with van der Waals surface area (Å²) in [7, 11) is -2.83. The van der Waals surface area contributed by atoms with E-state index >= 15 is 0 Å². The maximum Gasteiger partial charge on any atom is 0.150 e. The molecule has 1 heterocycles. The number of alkyl halides is 1. The van der Waals surface area contributed by atoms with E-state index in [1.807, 2.05) is 0 Å². The van der Waals surface area contributed by atoms with Gasteiger partial charge in [0.25, 0.3) is 0 Å². The number of hydrogen-bond acceptors (Lipinski definition) is 3. The van der Waals surface area contributed by atoms with Gasteiger partial charge in [-0.05, 0) is 31.1 Å². The minimum absolute atomic E-state index is 0.114. The molecule has 0 atom stereocenters.